The highest BCUT2D eigenvalue weighted by Crippen LogP contribution is 2.29. The third-order valence-corrected chi connectivity index (χ3v) is 3.06. The molecule has 0 saturated carbocycles. The Balaban J connectivity index is 2.18. The molecule has 0 spiro atoms. The number of aromatic hydroxyl groups is 1. The van der Waals surface area contributed by atoms with Gasteiger partial charge in [0.05, 0.1) is 17.7 Å². The summed E-state index contributed by atoms with van der Waals surface area (Å²) in [6.45, 7) is 2.41. The van der Waals surface area contributed by atoms with Crippen LogP contribution in [0, 0.1) is 0 Å². The molecule has 1 heterocycles. The minimum Gasteiger partial charge on any atom is -0.507 e. The molecule has 5 heteroatoms. The molecule has 2 aromatic carbocycles. The summed E-state index contributed by atoms with van der Waals surface area (Å²) in [6.07, 6.45) is 0. The van der Waals surface area contributed by atoms with Gasteiger partial charge in [-0.1, -0.05) is 24.3 Å². The van der Waals surface area contributed by atoms with Gasteiger partial charge in [0.2, 0.25) is 0 Å². The van der Waals surface area contributed by atoms with Crippen LogP contribution >= 0.6 is 0 Å². The third kappa shape index (κ3) is 2.64. The van der Waals surface area contributed by atoms with Gasteiger partial charge in [0, 0.05) is 5.39 Å². The maximum absolute atomic E-state index is 9.97. The lowest BCUT2D eigenvalue weighted by Gasteiger charge is -2.10. The Labute approximate surface area is 122 Å². The smallest absolute Gasteiger partial charge is 0.165 e. The Kier molecular flexibility index (Phi) is 3.66. The summed E-state index contributed by atoms with van der Waals surface area (Å²) in [5, 5.41) is 10.8. The Morgan fingerprint density at radius 1 is 1.05 bits per heavy atom. The summed E-state index contributed by atoms with van der Waals surface area (Å²) in [6, 6.07) is 14.6. The summed E-state index contributed by atoms with van der Waals surface area (Å²) in [5.41, 5.74) is 4.21. The van der Waals surface area contributed by atoms with Crippen molar-refractivity contribution in [3.05, 3.63) is 48.5 Å². The van der Waals surface area contributed by atoms with Crippen molar-refractivity contribution in [2.75, 3.05) is 12.1 Å². The molecule has 0 amide bonds. The zero-order valence-corrected chi connectivity index (χ0v) is 11.6. The van der Waals surface area contributed by atoms with Gasteiger partial charge in [0.1, 0.15) is 5.75 Å². The van der Waals surface area contributed by atoms with Gasteiger partial charge in [-0.25, -0.2) is 15.4 Å². The normalized spacial score (nSPS) is 10.7. The number of anilines is 1. The van der Waals surface area contributed by atoms with Crippen molar-refractivity contribution >= 4 is 16.7 Å². The Morgan fingerprint density at radius 2 is 1.81 bits per heavy atom. The first-order valence-corrected chi connectivity index (χ1v) is 6.72. The molecule has 0 unspecified atom stereocenters. The van der Waals surface area contributed by atoms with Gasteiger partial charge in [0.25, 0.3) is 0 Å². The van der Waals surface area contributed by atoms with E-state index in [1.807, 2.05) is 37.3 Å². The number of para-hydroxylation sites is 2. The van der Waals surface area contributed by atoms with Crippen LogP contribution in [0.1, 0.15) is 6.92 Å². The molecule has 0 atom stereocenters. The number of benzene rings is 2. The molecule has 106 valence electrons. The molecule has 3 rings (SSSR count). The van der Waals surface area contributed by atoms with E-state index in [-0.39, 0.29) is 5.75 Å². The number of nitrogens with one attached hydrogen (secondary N) is 1. The number of phenols is 1. The lowest BCUT2D eigenvalue weighted by molar-refractivity contribution is 0.209. The average molecular weight is 281 g/mol. The van der Waals surface area contributed by atoms with E-state index < -0.39 is 0 Å². The number of nitrogens with zero attached hydrogens (tertiary/aromatic N) is 2. The monoisotopic (exact) mass is 281 g/mol. The van der Waals surface area contributed by atoms with Gasteiger partial charge >= 0.3 is 0 Å². The largest absolute Gasteiger partial charge is 0.507 e. The molecule has 0 aliphatic carbocycles. The van der Waals surface area contributed by atoms with Crippen molar-refractivity contribution < 1.29 is 9.94 Å². The number of phenolic OH excluding ortho intramolecular Hbond substituents is 1. The first-order valence-electron chi connectivity index (χ1n) is 6.72. The fourth-order valence-corrected chi connectivity index (χ4v) is 2.08. The lowest BCUT2D eigenvalue weighted by atomic mass is 10.1. The molecular formula is C16H15N3O2. The first-order chi connectivity index (χ1) is 10.3. The van der Waals surface area contributed by atoms with E-state index in [0.29, 0.717) is 23.8 Å². The summed E-state index contributed by atoms with van der Waals surface area (Å²) >= 11 is 0. The fraction of sp³-hybridized carbons (Fsp3) is 0.125. The Hall–Kier alpha value is -2.66. The first kappa shape index (κ1) is 13.3. The highest BCUT2D eigenvalue weighted by atomic mass is 16.6. The third-order valence-electron chi connectivity index (χ3n) is 3.06. The maximum Gasteiger partial charge on any atom is 0.165 e. The standard InChI is InChI=1S/C16H15N3O2/c1-2-21-19-16-11-7-3-5-9-13(11)17-15(18-16)12-8-4-6-10-14(12)20/h3-10,20H,2H2,1H3,(H,17,18,19). The summed E-state index contributed by atoms with van der Waals surface area (Å²) in [4.78, 5) is 14.2. The van der Waals surface area contributed by atoms with Crippen LogP contribution in [-0.4, -0.2) is 21.7 Å². The number of hydrogen-bond donors (Lipinski definition) is 2. The Morgan fingerprint density at radius 3 is 2.62 bits per heavy atom. The quantitative estimate of drug-likeness (QED) is 0.718. The van der Waals surface area contributed by atoms with Gasteiger partial charge in [-0.05, 0) is 31.2 Å². The molecule has 0 fully saturated rings. The molecule has 0 aliphatic rings. The second-order valence-corrected chi connectivity index (χ2v) is 4.47. The van der Waals surface area contributed by atoms with Crippen molar-refractivity contribution in [1.82, 2.24) is 9.97 Å². The molecule has 0 radical (unpaired) electrons. The minimum atomic E-state index is 0.148. The van der Waals surface area contributed by atoms with E-state index in [9.17, 15) is 5.11 Å². The molecule has 1 aromatic heterocycles. The van der Waals surface area contributed by atoms with Gasteiger partial charge in [0.15, 0.2) is 11.6 Å². The molecule has 5 nitrogen and oxygen atoms in total. The van der Waals surface area contributed by atoms with E-state index in [1.165, 1.54) is 0 Å². The van der Waals surface area contributed by atoms with Gasteiger partial charge < -0.3 is 5.11 Å². The second-order valence-electron chi connectivity index (χ2n) is 4.47. The predicted octanol–water partition coefficient (Wildman–Crippen LogP) is 3.37. The van der Waals surface area contributed by atoms with E-state index in [1.54, 1.807) is 18.2 Å². The van der Waals surface area contributed by atoms with Crippen LogP contribution < -0.4 is 5.48 Å². The molecule has 0 aliphatic heterocycles. The average Bonchev–Trinajstić information content (AvgIpc) is 2.53. The van der Waals surface area contributed by atoms with Crippen LogP contribution in [-0.2, 0) is 4.84 Å². The zero-order chi connectivity index (χ0) is 14.7. The van der Waals surface area contributed by atoms with Crippen molar-refractivity contribution in [2.24, 2.45) is 0 Å². The molecule has 21 heavy (non-hydrogen) atoms. The number of fused-ring (bicyclic) bond motifs is 1. The molecular weight excluding hydrogens is 266 g/mol. The van der Waals surface area contributed by atoms with Crippen molar-refractivity contribution in [2.45, 2.75) is 6.92 Å². The van der Waals surface area contributed by atoms with Crippen LogP contribution in [0.2, 0.25) is 0 Å². The minimum absolute atomic E-state index is 0.148. The summed E-state index contributed by atoms with van der Waals surface area (Å²) in [5.74, 6) is 1.19. The van der Waals surface area contributed by atoms with E-state index in [4.69, 9.17) is 4.84 Å². The van der Waals surface area contributed by atoms with Crippen LogP contribution in [0.15, 0.2) is 48.5 Å². The van der Waals surface area contributed by atoms with Gasteiger partial charge in [-0.3, -0.25) is 4.84 Å². The highest BCUT2D eigenvalue weighted by molar-refractivity contribution is 5.90. The SMILES string of the molecule is CCONc1nc(-c2ccccc2O)nc2ccccc12. The van der Waals surface area contributed by atoms with E-state index in [0.717, 1.165) is 10.9 Å². The van der Waals surface area contributed by atoms with Gasteiger partial charge in [-0.15, -0.1) is 0 Å². The number of hydrogen-bond acceptors (Lipinski definition) is 5. The lowest BCUT2D eigenvalue weighted by Crippen LogP contribution is -2.05. The molecule has 3 aromatic rings. The predicted molar refractivity (Wildman–Crippen MR) is 81.9 cm³/mol. The van der Waals surface area contributed by atoms with Crippen molar-refractivity contribution in [3.8, 4) is 17.1 Å². The molecule has 2 N–H and O–H groups in total. The van der Waals surface area contributed by atoms with Crippen LogP contribution in [0.5, 0.6) is 5.75 Å². The number of aromatic nitrogens is 2. The van der Waals surface area contributed by atoms with Crippen molar-refractivity contribution in [1.29, 1.82) is 0 Å². The number of rotatable bonds is 4. The highest BCUT2D eigenvalue weighted by Gasteiger charge is 2.11. The van der Waals surface area contributed by atoms with Crippen molar-refractivity contribution in [3.63, 3.8) is 0 Å². The van der Waals surface area contributed by atoms with E-state index >= 15 is 0 Å². The van der Waals surface area contributed by atoms with Crippen LogP contribution in [0.3, 0.4) is 0 Å². The maximum atomic E-state index is 9.97. The Bertz CT molecular complexity index is 774. The zero-order valence-electron chi connectivity index (χ0n) is 11.6. The van der Waals surface area contributed by atoms with E-state index in [2.05, 4.69) is 15.4 Å². The fourth-order valence-electron chi connectivity index (χ4n) is 2.08. The molecule has 0 saturated heterocycles. The summed E-state index contributed by atoms with van der Waals surface area (Å²) in [7, 11) is 0. The van der Waals surface area contributed by atoms with Crippen LogP contribution in [0.25, 0.3) is 22.3 Å². The van der Waals surface area contributed by atoms with Gasteiger partial charge in [-0.2, -0.15) is 0 Å². The topological polar surface area (TPSA) is 67.3 Å². The van der Waals surface area contributed by atoms with Crippen LogP contribution in [0.4, 0.5) is 5.82 Å². The molecule has 0 bridgehead atoms. The summed E-state index contributed by atoms with van der Waals surface area (Å²) < 4.78 is 0. The second kappa shape index (κ2) is 5.76.